The molecule has 33 heavy (non-hydrogen) atoms. The first kappa shape index (κ1) is 21.3. The average molecular weight is 448 g/mol. The zero-order valence-electron chi connectivity index (χ0n) is 18.6. The number of fused-ring (bicyclic) bond motifs is 1. The smallest absolute Gasteiger partial charge is 0.270 e. The summed E-state index contributed by atoms with van der Waals surface area (Å²) in [5.41, 5.74) is 2.83. The molecule has 0 unspecified atom stereocenters. The molecule has 1 aliphatic rings. The summed E-state index contributed by atoms with van der Waals surface area (Å²) in [7, 11) is 0. The van der Waals surface area contributed by atoms with E-state index in [9.17, 15) is 9.18 Å². The highest BCUT2D eigenvalue weighted by atomic mass is 19.1. The monoisotopic (exact) mass is 447 g/mol. The van der Waals surface area contributed by atoms with Gasteiger partial charge in [0, 0.05) is 49.1 Å². The number of carbonyl (C=O) groups is 1. The number of piperazine rings is 1. The van der Waals surface area contributed by atoms with Crippen molar-refractivity contribution < 1.29 is 13.7 Å². The Morgan fingerprint density at radius 3 is 2.73 bits per heavy atom. The van der Waals surface area contributed by atoms with Crippen molar-refractivity contribution in [1.29, 1.82) is 0 Å². The van der Waals surface area contributed by atoms with Crippen LogP contribution < -0.4 is 0 Å². The maximum atomic E-state index is 13.8. The van der Waals surface area contributed by atoms with Crippen LogP contribution in [0.15, 0.2) is 53.1 Å². The van der Waals surface area contributed by atoms with Crippen LogP contribution in [0.5, 0.6) is 0 Å². The second kappa shape index (κ2) is 9.15. The zero-order chi connectivity index (χ0) is 22.8. The highest BCUT2D eigenvalue weighted by Gasteiger charge is 2.23. The van der Waals surface area contributed by atoms with Crippen molar-refractivity contribution in [2.75, 3.05) is 32.7 Å². The van der Waals surface area contributed by atoms with Crippen LogP contribution in [-0.2, 0) is 6.42 Å². The van der Waals surface area contributed by atoms with E-state index in [0.717, 1.165) is 37.0 Å². The van der Waals surface area contributed by atoms with Crippen LogP contribution in [0.4, 0.5) is 4.39 Å². The van der Waals surface area contributed by atoms with Crippen LogP contribution in [0, 0.1) is 12.7 Å². The number of aryl methyl sites for hydroxylation is 2. The molecule has 1 aliphatic heterocycles. The van der Waals surface area contributed by atoms with Crippen LogP contribution in [0.25, 0.3) is 22.3 Å². The summed E-state index contributed by atoms with van der Waals surface area (Å²) in [6, 6.07) is 14.8. The molecule has 0 aliphatic carbocycles. The van der Waals surface area contributed by atoms with Crippen molar-refractivity contribution in [2.24, 2.45) is 0 Å². The Bertz CT molecular complexity index is 1240. The highest BCUT2D eigenvalue weighted by molar-refractivity contribution is 5.98. The summed E-state index contributed by atoms with van der Waals surface area (Å²) in [4.78, 5) is 24.7. The third-order valence-corrected chi connectivity index (χ3v) is 6.18. The average Bonchev–Trinajstić information content (AvgIpc) is 3.48. The Morgan fingerprint density at radius 2 is 1.94 bits per heavy atom. The van der Waals surface area contributed by atoms with Gasteiger partial charge in [0.25, 0.3) is 5.91 Å². The van der Waals surface area contributed by atoms with Gasteiger partial charge in [-0.05, 0) is 43.7 Å². The third kappa shape index (κ3) is 4.66. The minimum absolute atomic E-state index is 0.0526. The number of halogens is 1. The van der Waals surface area contributed by atoms with Gasteiger partial charge in [0.1, 0.15) is 11.5 Å². The van der Waals surface area contributed by atoms with Crippen LogP contribution >= 0.6 is 0 Å². The first-order chi connectivity index (χ1) is 16.1. The maximum Gasteiger partial charge on any atom is 0.270 e. The predicted octanol–water partition coefficient (Wildman–Crippen LogP) is 4.06. The molecule has 0 spiro atoms. The van der Waals surface area contributed by atoms with Gasteiger partial charge in [-0.3, -0.25) is 9.69 Å². The summed E-state index contributed by atoms with van der Waals surface area (Å²) in [5, 5.41) is 5.03. The minimum atomic E-state index is -0.277. The number of amides is 1. The molecule has 0 saturated carbocycles. The normalized spacial score (nSPS) is 14.8. The molecule has 170 valence electrons. The fourth-order valence-corrected chi connectivity index (χ4v) is 4.19. The fraction of sp³-hybridized carbons (Fsp3) is 0.320. The number of aromatic amines is 1. The molecule has 8 heteroatoms. The zero-order valence-corrected chi connectivity index (χ0v) is 18.6. The van der Waals surface area contributed by atoms with Crippen molar-refractivity contribution in [3.05, 3.63) is 71.5 Å². The molecule has 1 saturated heterocycles. The molecule has 0 radical (unpaired) electrons. The number of hydrogen-bond acceptors (Lipinski definition) is 5. The summed E-state index contributed by atoms with van der Waals surface area (Å²) >= 11 is 0. The maximum absolute atomic E-state index is 13.8. The third-order valence-electron chi connectivity index (χ3n) is 6.18. The summed E-state index contributed by atoms with van der Waals surface area (Å²) in [6.45, 7) is 5.70. The Labute approximate surface area is 191 Å². The first-order valence-electron chi connectivity index (χ1n) is 11.3. The van der Waals surface area contributed by atoms with Crippen LogP contribution in [-0.4, -0.2) is 63.6 Å². The van der Waals surface area contributed by atoms with Gasteiger partial charge in [0.05, 0.1) is 0 Å². The lowest BCUT2D eigenvalue weighted by Gasteiger charge is -2.34. The van der Waals surface area contributed by atoms with Crippen molar-refractivity contribution in [3.63, 3.8) is 0 Å². The van der Waals surface area contributed by atoms with Gasteiger partial charge in [-0.25, -0.2) is 4.39 Å². The number of benzene rings is 2. The van der Waals surface area contributed by atoms with E-state index in [1.165, 1.54) is 6.07 Å². The minimum Gasteiger partial charge on any atom is -0.351 e. The predicted molar refractivity (Wildman–Crippen MR) is 123 cm³/mol. The van der Waals surface area contributed by atoms with E-state index in [0.29, 0.717) is 48.0 Å². The summed E-state index contributed by atoms with van der Waals surface area (Å²) in [5.74, 6) is 0.740. The number of rotatable bonds is 6. The standard InChI is InChI=1S/C25H26FN5O2/c1-17-8-9-19(15-20(17)26)24-28-23(33-29-24)7-4-10-30-11-13-31(14-12-30)25(32)22-16-18-5-2-3-6-21(18)27-22/h2-3,5-6,8-9,15-16,27H,4,7,10-14H2,1H3. The molecule has 5 rings (SSSR count). The first-order valence-corrected chi connectivity index (χ1v) is 11.3. The van der Waals surface area contributed by atoms with Crippen molar-refractivity contribution in [3.8, 4) is 11.4 Å². The van der Waals surface area contributed by atoms with Gasteiger partial charge in [-0.15, -0.1) is 0 Å². The van der Waals surface area contributed by atoms with Crippen LogP contribution in [0.3, 0.4) is 0 Å². The van der Waals surface area contributed by atoms with Gasteiger partial charge >= 0.3 is 0 Å². The molecule has 2 aromatic heterocycles. The SMILES string of the molecule is Cc1ccc(-c2noc(CCCN3CCN(C(=O)c4cc5ccccc5[nH]4)CC3)n2)cc1F. The van der Waals surface area contributed by atoms with Gasteiger partial charge in [-0.1, -0.05) is 35.5 Å². The van der Waals surface area contributed by atoms with Gasteiger partial charge in [-0.2, -0.15) is 4.98 Å². The molecule has 3 heterocycles. The molecule has 7 nitrogen and oxygen atoms in total. The van der Waals surface area contributed by atoms with Crippen molar-refractivity contribution in [2.45, 2.75) is 19.8 Å². The quantitative estimate of drug-likeness (QED) is 0.482. The van der Waals surface area contributed by atoms with E-state index in [1.807, 2.05) is 35.2 Å². The number of para-hydroxylation sites is 1. The summed E-state index contributed by atoms with van der Waals surface area (Å²) in [6.07, 6.45) is 1.54. The van der Waals surface area contributed by atoms with Crippen LogP contribution in [0.2, 0.25) is 0 Å². The molecular formula is C25H26FN5O2. The van der Waals surface area contributed by atoms with E-state index in [1.54, 1.807) is 19.1 Å². The Balaban J connectivity index is 1.09. The molecule has 1 amide bonds. The van der Waals surface area contributed by atoms with Crippen molar-refractivity contribution in [1.82, 2.24) is 24.9 Å². The van der Waals surface area contributed by atoms with Gasteiger partial charge in [0.15, 0.2) is 0 Å². The number of carbonyl (C=O) groups excluding carboxylic acids is 1. The van der Waals surface area contributed by atoms with Crippen LogP contribution in [0.1, 0.15) is 28.4 Å². The number of nitrogens with zero attached hydrogens (tertiary/aromatic N) is 4. The lowest BCUT2D eigenvalue weighted by Crippen LogP contribution is -2.49. The highest BCUT2D eigenvalue weighted by Crippen LogP contribution is 2.20. The van der Waals surface area contributed by atoms with E-state index in [-0.39, 0.29) is 11.7 Å². The Morgan fingerprint density at radius 1 is 1.12 bits per heavy atom. The molecule has 2 aromatic carbocycles. The van der Waals surface area contributed by atoms with Crippen molar-refractivity contribution >= 4 is 16.8 Å². The number of hydrogen-bond donors (Lipinski definition) is 1. The number of nitrogens with one attached hydrogen (secondary N) is 1. The second-order valence-corrected chi connectivity index (χ2v) is 8.48. The second-order valence-electron chi connectivity index (χ2n) is 8.48. The van der Waals surface area contributed by atoms with E-state index in [2.05, 4.69) is 20.0 Å². The molecule has 1 N–H and O–H groups in total. The molecule has 1 fully saturated rings. The van der Waals surface area contributed by atoms with E-state index >= 15 is 0 Å². The Kier molecular flexibility index (Phi) is 5.92. The number of aromatic nitrogens is 3. The number of H-pyrrole nitrogens is 1. The molecular weight excluding hydrogens is 421 g/mol. The topological polar surface area (TPSA) is 78.3 Å². The molecule has 0 atom stereocenters. The fourth-order valence-electron chi connectivity index (χ4n) is 4.19. The Hall–Kier alpha value is -3.52. The van der Waals surface area contributed by atoms with E-state index in [4.69, 9.17) is 4.52 Å². The van der Waals surface area contributed by atoms with E-state index < -0.39 is 0 Å². The lowest BCUT2D eigenvalue weighted by molar-refractivity contribution is 0.0631. The lowest BCUT2D eigenvalue weighted by atomic mass is 10.1. The molecule has 4 aromatic rings. The molecule has 0 bridgehead atoms. The van der Waals surface area contributed by atoms with Gasteiger partial charge < -0.3 is 14.4 Å². The van der Waals surface area contributed by atoms with Gasteiger partial charge in [0.2, 0.25) is 11.7 Å². The largest absolute Gasteiger partial charge is 0.351 e. The summed E-state index contributed by atoms with van der Waals surface area (Å²) < 4.78 is 19.1.